The number of carbonyl (C=O) groups is 2. The van der Waals surface area contributed by atoms with Gasteiger partial charge in [-0.25, -0.2) is 4.90 Å². The normalized spacial score (nSPS) is 13.4. The number of carbonyl (C=O) groups excluding carboxylic acids is 2. The summed E-state index contributed by atoms with van der Waals surface area (Å²) < 4.78 is 13.6. The van der Waals surface area contributed by atoms with E-state index in [0.717, 1.165) is 22.4 Å². The average molecular weight is 336 g/mol. The highest BCUT2D eigenvalue weighted by molar-refractivity contribution is 6.35. The molecule has 0 atom stereocenters. The zero-order valence-corrected chi connectivity index (χ0v) is 12.6. The maximum Gasteiger partial charge on any atom is 0.306 e. The van der Waals surface area contributed by atoms with Crippen molar-refractivity contribution in [1.29, 1.82) is 0 Å². The zero-order valence-electron chi connectivity index (χ0n) is 12.6. The van der Waals surface area contributed by atoms with Crippen molar-refractivity contribution in [2.75, 3.05) is 4.90 Å². The summed E-state index contributed by atoms with van der Waals surface area (Å²) in [6, 6.07) is 13.1. The third-order valence-corrected chi connectivity index (χ3v) is 4.16. The minimum atomic E-state index is -1.03. The number of nitro benzene ring substituents is 1. The molecule has 0 aromatic heterocycles. The lowest BCUT2D eigenvalue weighted by Gasteiger charge is -2.27. The number of halogens is 1. The molecule has 3 aromatic carbocycles. The first-order chi connectivity index (χ1) is 12.0. The van der Waals surface area contributed by atoms with Gasteiger partial charge in [0.25, 0.3) is 11.8 Å². The van der Waals surface area contributed by atoms with Crippen LogP contribution in [0.2, 0.25) is 0 Å². The molecular formula is C18H9FN2O4. The summed E-state index contributed by atoms with van der Waals surface area (Å²) in [6.07, 6.45) is 0. The van der Waals surface area contributed by atoms with Crippen LogP contribution in [0.5, 0.6) is 0 Å². The van der Waals surface area contributed by atoms with Gasteiger partial charge in [0.1, 0.15) is 0 Å². The molecule has 122 valence electrons. The topological polar surface area (TPSA) is 80.5 Å². The molecule has 0 bridgehead atoms. The van der Waals surface area contributed by atoms with E-state index in [1.165, 1.54) is 6.07 Å². The molecule has 0 saturated heterocycles. The molecule has 3 aromatic rings. The van der Waals surface area contributed by atoms with E-state index in [2.05, 4.69) is 0 Å². The van der Waals surface area contributed by atoms with Gasteiger partial charge in [0.05, 0.1) is 10.6 Å². The largest absolute Gasteiger partial charge is 0.306 e. The lowest BCUT2D eigenvalue weighted by molar-refractivity contribution is -0.387. The number of hydrogen-bond acceptors (Lipinski definition) is 4. The van der Waals surface area contributed by atoms with E-state index in [9.17, 15) is 24.1 Å². The Morgan fingerprint density at radius 2 is 1.52 bits per heavy atom. The maximum absolute atomic E-state index is 13.6. The van der Waals surface area contributed by atoms with Crippen molar-refractivity contribution in [1.82, 2.24) is 0 Å². The van der Waals surface area contributed by atoms with Gasteiger partial charge in [-0.05, 0) is 29.7 Å². The molecule has 0 spiro atoms. The van der Waals surface area contributed by atoms with Gasteiger partial charge in [0.15, 0.2) is 0 Å². The smallest absolute Gasteiger partial charge is 0.268 e. The average Bonchev–Trinajstić information content (AvgIpc) is 2.60. The monoisotopic (exact) mass is 336 g/mol. The van der Waals surface area contributed by atoms with E-state index in [1.54, 1.807) is 36.4 Å². The Hall–Kier alpha value is -3.61. The van der Waals surface area contributed by atoms with Crippen LogP contribution in [0.4, 0.5) is 15.8 Å². The second-order valence-corrected chi connectivity index (χ2v) is 5.55. The summed E-state index contributed by atoms with van der Waals surface area (Å²) in [5.41, 5.74) is -0.205. The van der Waals surface area contributed by atoms with E-state index in [1.807, 2.05) is 0 Å². The van der Waals surface area contributed by atoms with Gasteiger partial charge >= 0.3 is 5.69 Å². The molecule has 6 nitrogen and oxygen atoms in total. The second kappa shape index (κ2) is 5.20. The predicted molar refractivity (Wildman–Crippen MR) is 88.1 cm³/mol. The van der Waals surface area contributed by atoms with Crippen LogP contribution in [0, 0.1) is 15.9 Å². The molecule has 0 aliphatic carbocycles. The fraction of sp³-hybridized carbons (Fsp3) is 0. The fourth-order valence-corrected chi connectivity index (χ4v) is 3.05. The van der Waals surface area contributed by atoms with Gasteiger partial charge in [-0.1, -0.05) is 24.3 Å². The minimum absolute atomic E-state index is 0.0467. The summed E-state index contributed by atoms with van der Waals surface area (Å²) in [6.45, 7) is 0. The van der Waals surface area contributed by atoms with Crippen LogP contribution in [0.25, 0.3) is 10.8 Å². The van der Waals surface area contributed by atoms with Crippen LogP contribution in [0.15, 0.2) is 54.6 Å². The number of nitro groups is 1. The highest BCUT2D eigenvalue weighted by Gasteiger charge is 2.34. The summed E-state index contributed by atoms with van der Waals surface area (Å²) in [5, 5.41) is 12.2. The summed E-state index contributed by atoms with van der Waals surface area (Å²) in [7, 11) is 0. The van der Waals surface area contributed by atoms with Gasteiger partial charge < -0.3 is 0 Å². The van der Waals surface area contributed by atoms with Crippen molar-refractivity contribution >= 4 is 34.0 Å². The number of nitrogens with zero attached hydrogens (tertiary/aromatic N) is 2. The fourth-order valence-electron chi connectivity index (χ4n) is 3.05. The van der Waals surface area contributed by atoms with Crippen LogP contribution < -0.4 is 4.90 Å². The first kappa shape index (κ1) is 14.9. The van der Waals surface area contributed by atoms with Gasteiger partial charge in [-0.15, -0.1) is 0 Å². The lowest BCUT2D eigenvalue weighted by Crippen LogP contribution is -2.40. The molecule has 0 radical (unpaired) electrons. The van der Waals surface area contributed by atoms with Gasteiger partial charge in [-0.2, -0.15) is 4.39 Å². The van der Waals surface area contributed by atoms with Crippen LogP contribution in [-0.2, 0) is 0 Å². The standard InChI is InChI=1S/C18H9FN2O4/c19-14-8-7-11(9-15(14)21(24)25)20-17(22)12-5-1-3-10-4-2-6-13(16(10)12)18(20)23/h1-9H. The van der Waals surface area contributed by atoms with Crippen molar-refractivity contribution in [3.05, 3.63) is 81.7 Å². The first-order valence-corrected chi connectivity index (χ1v) is 7.33. The summed E-state index contributed by atoms with van der Waals surface area (Å²) in [5.74, 6) is -2.24. The number of rotatable bonds is 2. The third-order valence-electron chi connectivity index (χ3n) is 4.16. The molecule has 1 aliphatic heterocycles. The van der Waals surface area contributed by atoms with Gasteiger partial charge in [0.2, 0.25) is 5.82 Å². The van der Waals surface area contributed by atoms with Crippen molar-refractivity contribution in [2.45, 2.75) is 0 Å². The predicted octanol–water partition coefficient (Wildman–Crippen LogP) is 3.69. The molecule has 0 unspecified atom stereocenters. The molecule has 4 rings (SSSR count). The third kappa shape index (κ3) is 2.09. The lowest BCUT2D eigenvalue weighted by atomic mass is 9.94. The Morgan fingerprint density at radius 1 is 0.920 bits per heavy atom. The first-order valence-electron chi connectivity index (χ1n) is 7.33. The molecule has 7 heteroatoms. The number of hydrogen-bond donors (Lipinski definition) is 0. The van der Waals surface area contributed by atoms with Crippen molar-refractivity contribution in [3.8, 4) is 0 Å². The Balaban J connectivity index is 1.94. The molecule has 1 aliphatic rings. The van der Waals surface area contributed by atoms with Gasteiger partial charge in [-0.3, -0.25) is 19.7 Å². The van der Waals surface area contributed by atoms with Crippen molar-refractivity contribution < 1.29 is 18.9 Å². The molecular weight excluding hydrogens is 327 g/mol. The highest BCUT2D eigenvalue weighted by Crippen LogP contribution is 2.34. The van der Waals surface area contributed by atoms with Crippen molar-refractivity contribution in [2.24, 2.45) is 0 Å². The van der Waals surface area contributed by atoms with E-state index in [4.69, 9.17) is 0 Å². The van der Waals surface area contributed by atoms with E-state index >= 15 is 0 Å². The summed E-state index contributed by atoms with van der Waals surface area (Å²) in [4.78, 5) is 36.5. The van der Waals surface area contributed by atoms with E-state index in [0.29, 0.717) is 16.5 Å². The van der Waals surface area contributed by atoms with Gasteiger partial charge in [0, 0.05) is 22.6 Å². The molecule has 25 heavy (non-hydrogen) atoms. The molecule has 1 heterocycles. The maximum atomic E-state index is 13.6. The molecule has 2 amide bonds. The Kier molecular flexibility index (Phi) is 3.11. The highest BCUT2D eigenvalue weighted by atomic mass is 19.1. The zero-order chi connectivity index (χ0) is 17.7. The Morgan fingerprint density at radius 3 is 2.08 bits per heavy atom. The minimum Gasteiger partial charge on any atom is -0.268 e. The summed E-state index contributed by atoms with van der Waals surface area (Å²) >= 11 is 0. The number of imide groups is 1. The SMILES string of the molecule is O=C1c2cccc3cccc(c23)C(=O)N1c1ccc(F)c([N+](=O)[O-])c1. The molecule has 0 saturated carbocycles. The molecule has 0 fully saturated rings. The van der Waals surface area contributed by atoms with E-state index in [-0.39, 0.29) is 5.69 Å². The van der Waals surface area contributed by atoms with Crippen molar-refractivity contribution in [3.63, 3.8) is 0 Å². The van der Waals surface area contributed by atoms with Crippen LogP contribution in [0.1, 0.15) is 20.7 Å². The Bertz CT molecular complexity index is 1040. The number of anilines is 1. The second-order valence-electron chi connectivity index (χ2n) is 5.55. The van der Waals surface area contributed by atoms with Crippen LogP contribution in [-0.4, -0.2) is 16.7 Å². The van der Waals surface area contributed by atoms with Crippen LogP contribution >= 0.6 is 0 Å². The van der Waals surface area contributed by atoms with Crippen LogP contribution in [0.3, 0.4) is 0 Å². The number of amides is 2. The Labute approximate surface area is 140 Å². The quantitative estimate of drug-likeness (QED) is 0.406. The molecule has 0 N–H and O–H groups in total. The number of benzene rings is 3. The van der Waals surface area contributed by atoms with E-state index < -0.39 is 28.2 Å².